The van der Waals surface area contributed by atoms with Crippen LogP contribution in [0, 0.1) is 11.8 Å². The van der Waals surface area contributed by atoms with Gasteiger partial charge < -0.3 is 9.55 Å². The van der Waals surface area contributed by atoms with Crippen LogP contribution in [0.5, 0.6) is 0 Å². The highest BCUT2D eigenvalue weighted by atomic mass is 15.0. The summed E-state index contributed by atoms with van der Waals surface area (Å²) >= 11 is 0. The Kier molecular flexibility index (Phi) is 3.44. The summed E-state index contributed by atoms with van der Waals surface area (Å²) < 4.78 is 2.21. The van der Waals surface area contributed by atoms with Crippen molar-refractivity contribution in [2.45, 2.75) is 38.6 Å². The number of rotatable bonds is 4. The van der Waals surface area contributed by atoms with Gasteiger partial charge >= 0.3 is 0 Å². The summed E-state index contributed by atoms with van der Waals surface area (Å²) in [6.07, 6.45) is 16.1. The molecule has 0 spiro atoms. The number of imidazole rings is 2. The molecule has 18 heavy (non-hydrogen) atoms. The third kappa shape index (κ3) is 2.81. The number of nitrogens with one attached hydrogen (secondary N) is 1. The predicted octanol–water partition coefficient (Wildman–Crippen LogP) is 2.66. The van der Waals surface area contributed by atoms with Crippen LogP contribution in [0.25, 0.3) is 0 Å². The Bertz CT molecular complexity index is 394. The molecule has 0 atom stereocenters. The van der Waals surface area contributed by atoms with Gasteiger partial charge in [0.1, 0.15) is 5.82 Å². The Hall–Kier alpha value is -1.58. The molecule has 1 saturated carbocycles. The van der Waals surface area contributed by atoms with E-state index in [4.69, 9.17) is 0 Å². The van der Waals surface area contributed by atoms with Gasteiger partial charge in [0.15, 0.2) is 0 Å². The average molecular weight is 244 g/mol. The normalized spacial score (nSPS) is 24.2. The minimum absolute atomic E-state index is 0.815. The van der Waals surface area contributed by atoms with E-state index >= 15 is 0 Å². The summed E-state index contributed by atoms with van der Waals surface area (Å²) in [7, 11) is 0. The van der Waals surface area contributed by atoms with Crippen LogP contribution in [0.15, 0.2) is 31.1 Å². The van der Waals surface area contributed by atoms with Crippen LogP contribution in [-0.2, 0) is 13.0 Å². The van der Waals surface area contributed by atoms with Crippen molar-refractivity contribution < 1.29 is 0 Å². The van der Waals surface area contributed by atoms with E-state index in [9.17, 15) is 0 Å². The largest absolute Gasteiger partial charge is 0.349 e. The van der Waals surface area contributed by atoms with Gasteiger partial charge in [0.25, 0.3) is 0 Å². The number of aromatic nitrogens is 4. The van der Waals surface area contributed by atoms with Crippen LogP contribution >= 0.6 is 0 Å². The SMILES string of the molecule is c1cn(CC2CCC(Cc3ncc[nH]3)CC2)cn1. The van der Waals surface area contributed by atoms with Crippen LogP contribution in [0.2, 0.25) is 0 Å². The molecule has 4 nitrogen and oxygen atoms in total. The molecular formula is C14H20N4. The Morgan fingerprint density at radius 2 is 2.00 bits per heavy atom. The van der Waals surface area contributed by atoms with Crippen molar-refractivity contribution in [3.05, 3.63) is 36.9 Å². The summed E-state index contributed by atoms with van der Waals surface area (Å²) in [5.74, 6) is 2.79. The maximum absolute atomic E-state index is 4.32. The molecule has 3 rings (SSSR count). The van der Waals surface area contributed by atoms with Gasteiger partial charge in [-0.15, -0.1) is 0 Å². The van der Waals surface area contributed by atoms with Crippen LogP contribution < -0.4 is 0 Å². The summed E-state index contributed by atoms with van der Waals surface area (Å²) in [5, 5.41) is 0. The van der Waals surface area contributed by atoms with E-state index in [0.29, 0.717) is 0 Å². The summed E-state index contributed by atoms with van der Waals surface area (Å²) in [6.45, 7) is 1.13. The molecule has 4 heteroatoms. The second kappa shape index (κ2) is 5.38. The Morgan fingerprint density at radius 3 is 2.67 bits per heavy atom. The van der Waals surface area contributed by atoms with Gasteiger partial charge in [-0.3, -0.25) is 0 Å². The first-order valence-electron chi connectivity index (χ1n) is 6.84. The Morgan fingerprint density at radius 1 is 1.17 bits per heavy atom. The van der Waals surface area contributed by atoms with Crippen LogP contribution in [0.1, 0.15) is 31.5 Å². The molecule has 0 amide bonds. The Labute approximate surface area is 107 Å². The monoisotopic (exact) mass is 244 g/mol. The molecule has 0 aromatic carbocycles. The highest BCUT2D eigenvalue weighted by Gasteiger charge is 2.22. The van der Waals surface area contributed by atoms with Gasteiger partial charge in [-0.2, -0.15) is 0 Å². The van der Waals surface area contributed by atoms with E-state index in [-0.39, 0.29) is 0 Å². The molecule has 0 bridgehead atoms. The van der Waals surface area contributed by atoms with E-state index in [0.717, 1.165) is 30.6 Å². The fraction of sp³-hybridized carbons (Fsp3) is 0.571. The van der Waals surface area contributed by atoms with Crippen LogP contribution in [0.4, 0.5) is 0 Å². The topological polar surface area (TPSA) is 46.5 Å². The molecule has 1 fully saturated rings. The first-order valence-corrected chi connectivity index (χ1v) is 6.84. The lowest BCUT2D eigenvalue weighted by Crippen LogP contribution is -2.20. The number of nitrogens with zero attached hydrogens (tertiary/aromatic N) is 3. The van der Waals surface area contributed by atoms with Crippen molar-refractivity contribution in [1.29, 1.82) is 0 Å². The summed E-state index contributed by atoms with van der Waals surface area (Å²) in [4.78, 5) is 11.6. The average Bonchev–Trinajstić information content (AvgIpc) is 3.05. The highest BCUT2D eigenvalue weighted by molar-refractivity contribution is 4.90. The van der Waals surface area contributed by atoms with Crippen molar-refractivity contribution in [3.8, 4) is 0 Å². The first-order chi connectivity index (χ1) is 8.90. The zero-order valence-corrected chi connectivity index (χ0v) is 10.6. The molecule has 2 aromatic heterocycles. The van der Waals surface area contributed by atoms with Crippen LogP contribution in [-0.4, -0.2) is 19.5 Å². The number of hydrogen-bond acceptors (Lipinski definition) is 2. The van der Waals surface area contributed by atoms with E-state index in [1.807, 2.05) is 24.9 Å². The van der Waals surface area contributed by atoms with Gasteiger partial charge in [0.2, 0.25) is 0 Å². The van der Waals surface area contributed by atoms with Gasteiger partial charge in [0, 0.05) is 37.8 Å². The molecule has 96 valence electrons. The lowest BCUT2D eigenvalue weighted by molar-refractivity contribution is 0.249. The predicted molar refractivity (Wildman–Crippen MR) is 70.0 cm³/mol. The minimum atomic E-state index is 0.815. The van der Waals surface area contributed by atoms with Gasteiger partial charge in [-0.25, -0.2) is 9.97 Å². The molecule has 0 radical (unpaired) electrons. The molecule has 0 aliphatic heterocycles. The van der Waals surface area contributed by atoms with Gasteiger partial charge in [-0.1, -0.05) is 0 Å². The summed E-state index contributed by atoms with van der Waals surface area (Å²) in [6, 6.07) is 0. The standard InChI is InChI=1S/C14H20N4/c1-3-13(10-18-8-7-15-11-18)4-2-12(1)9-14-16-5-6-17-14/h5-8,11-13H,1-4,9-10H2,(H,16,17). The van der Waals surface area contributed by atoms with Gasteiger partial charge in [-0.05, 0) is 37.5 Å². The lowest BCUT2D eigenvalue weighted by Gasteiger charge is -2.28. The van der Waals surface area contributed by atoms with E-state index in [1.54, 1.807) is 0 Å². The summed E-state index contributed by atoms with van der Waals surface area (Å²) in [5.41, 5.74) is 0. The van der Waals surface area contributed by atoms with E-state index < -0.39 is 0 Å². The number of H-pyrrole nitrogens is 1. The molecule has 0 unspecified atom stereocenters. The molecule has 1 aliphatic carbocycles. The maximum Gasteiger partial charge on any atom is 0.106 e. The lowest BCUT2D eigenvalue weighted by atomic mass is 9.80. The fourth-order valence-electron chi connectivity index (χ4n) is 2.99. The maximum atomic E-state index is 4.32. The third-order valence-corrected chi connectivity index (χ3v) is 4.03. The molecule has 0 saturated heterocycles. The van der Waals surface area contributed by atoms with E-state index in [2.05, 4.69) is 25.7 Å². The van der Waals surface area contributed by atoms with E-state index in [1.165, 1.54) is 25.7 Å². The second-order valence-electron chi connectivity index (χ2n) is 5.39. The van der Waals surface area contributed by atoms with Crippen molar-refractivity contribution in [2.75, 3.05) is 0 Å². The smallest absolute Gasteiger partial charge is 0.106 e. The molecule has 2 heterocycles. The van der Waals surface area contributed by atoms with Crippen molar-refractivity contribution in [2.24, 2.45) is 11.8 Å². The van der Waals surface area contributed by atoms with Crippen LogP contribution in [0.3, 0.4) is 0 Å². The molecular weight excluding hydrogens is 224 g/mol. The zero-order chi connectivity index (χ0) is 12.2. The molecule has 1 aliphatic rings. The molecule has 2 aromatic rings. The van der Waals surface area contributed by atoms with Gasteiger partial charge in [0.05, 0.1) is 6.33 Å². The van der Waals surface area contributed by atoms with Crippen molar-refractivity contribution >= 4 is 0 Å². The highest BCUT2D eigenvalue weighted by Crippen LogP contribution is 2.31. The quantitative estimate of drug-likeness (QED) is 0.898. The zero-order valence-electron chi connectivity index (χ0n) is 10.6. The number of hydrogen-bond donors (Lipinski definition) is 1. The first kappa shape index (κ1) is 11.5. The third-order valence-electron chi connectivity index (χ3n) is 4.03. The minimum Gasteiger partial charge on any atom is -0.349 e. The molecule has 1 N–H and O–H groups in total. The van der Waals surface area contributed by atoms with Crippen molar-refractivity contribution in [1.82, 2.24) is 19.5 Å². The van der Waals surface area contributed by atoms with Crippen molar-refractivity contribution in [3.63, 3.8) is 0 Å². The fourth-order valence-corrected chi connectivity index (χ4v) is 2.99. The number of aromatic amines is 1. The Balaban J connectivity index is 1.46. The second-order valence-corrected chi connectivity index (χ2v) is 5.39.